The molecule has 0 bridgehead atoms. The molecule has 0 atom stereocenters. The molecule has 0 spiro atoms. The zero-order valence-electron chi connectivity index (χ0n) is 9.65. The summed E-state index contributed by atoms with van der Waals surface area (Å²) in [7, 11) is 0. The van der Waals surface area contributed by atoms with Gasteiger partial charge in [0.15, 0.2) is 0 Å². The maximum absolute atomic E-state index is 11.6. The molecule has 0 amide bonds. The fraction of sp³-hybridized carbons (Fsp3) is 0.333. The van der Waals surface area contributed by atoms with Crippen LogP contribution in [0.5, 0.6) is 0 Å². The second-order valence-corrected chi connectivity index (χ2v) is 4.20. The fourth-order valence-corrected chi connectivity index (χ4v) is 1.53. The number of nitrogens with one attached hydrogen (secondary N) is 1. The van der Waals surface area contributed by atoms with Crippen molar-refractivity contribution in [2.45, 2.75) is 26.1 Å². The van der Waals surface area contributed by atoms with Crippen LogP contribution in [-0.2, 0) is 25.5 Å². The Hall–Kier alpha value is -2.04. The van der Waals surface area contributed by atoms with Gasteiger partial charge in [0.25, 0.3) is 5.79 Å². The van der Waals surface area contributed by atoms with Crippen molar-refractivity contribution in [2.75, 3.05) is 0 Å². The van der Waals surface area contributed by atoms with Gasteiger partial charge in [0.1, 0.15) is 5.57 Å². The van der Waals surface area contributed by atoms with E-state index in [1.165, 1.54) is 19.9 Å². The molecule has 2 rings (SSSR count). The third-order valence-corrected chi connectivity index (χ3v) is 2.31. The zero-order chi connectivity index (χ0) is 12.5. The van der Waals surface area contributed by atoms with Crippen molar-refractivity contribution in [3.63, 3.8) is 0 Å². The first-order valence-electron chi connectivity index (χ1n) is 5.27. The normalized spacial score (nSPS) is 18.6. The lowest BCUT2D eigenvalue weighted by Crippen LogP contribution is -2.41. The van der Waals surface area contributed by atoms with Crippen molar-refractivity contribution >= 4 is 11.9 Å². The third kappa shape index (κ3) is 2.55. The highest BCUT2D eigenvalue weighted by Crippen LogP contribution is 2.22. The number of cyclic esters (lactones) is 2. The molecule has 5 heteroatoms. The van der Waals surface area contributed by atoms with Gasteiger partial charge < -0.3 is 14.5 Å². The lowest BCUT2D eigenvalue weighted by Gasteiger charge is -2.29. The van der Waals surface area contributed by atoms with E-state index in [0.717, 1.165) is 5.69 Å². The Morgan fingerprint density at radius 1 is 1.29 bits per heavy atom. The number of H-pyrrole nitrogens is 1. The molecule has 1 fully saturated rings. The first kappa shape index (κ1) is 11.4. The van der Waals surface area contributed by atoms with Gasteiger partial charge in [0.05, 0.1) is 0 Å². The summed E-state index contributed by atoms with van der Waals surface area (Å²) in [5.41, 5.74) is 0.849. The average Bonchev–Trinajstić information content (AvgIpc) is 2.67. The van der Waals surface area contributed by atoms with Gasteiger partial charge in [-0.3, -0.25) is 0 Å². The van der Waals surface area contributed by atoms with Crippen LogP contribution in [-0.4, -0.2) is 22.7 Å². The zero-order valence-corrected chi connectivity index (χ0v) is 9.65. The van der Waals surface area contributed by atoms with Gasteiger partial charge in [-0.2, -0.15) is 0 Å². The maximum atomic E-state index is 11.6. The van der Waals surface area contributed by atoms with Crippen LogP contribution in [0.25, 0.3) is 0 Å². The van der Waals surface area contributed by atoms with E-state index in [1.54, 1.807) is 6.20 Å². The van der Waals surface area contributed by atoms with Gasteiger partial charge in [0.2, 0.25) is 0 Å². The summed E-state index contributed by atoms with van der Waals surface area (Å²) in [4.78, 5) is 26.1. The van der Waals surface area contributed by atoms with Crippen molar-refractivity contribution < 1.29 is 19.1 Å². The molecule has 1 saturated heterocycles. The molecule has 0 unspecified atom stereocenters. The number of carbonyl (C=O) groups is 2. The Kier molecular flexibility index (Phi) is 2.75. The van der Waals surface area contributed by atoms with Crippen LogP contribution in [0.3, 0.4) is 0 Å². The van der Waals surface area contributed by atoms with Gasteiger partial charge in [-0.25, -0.2) is 9.59 Å². The number of esters is 2. The van der Waals surface area contributed by atoms with E-state index >= 15 is 0 Å². The molecule has 5 nitrogen and oxygen atoms in total. The summed E-state index contributed by atoms with van der Waals surface area (Å²) >= 11 is 0. The Bertz CT molecular complexity index is 449. The molecular formula is C12H13NO4. The van der Waals surface area contributed by atoms with Crippen molar-refractivity contribution in [1.82, 2.24) is 4.98 Å². The third-order valence-electron chi connectivity index (χ3n) is 2.31. The minimum Gasteiger partial charge on any atom is -0.419 e. The molecule has 0 aliphatic carbocycles. The molecular weight excluding hydrogens is 222 g/mol. The van der Waals surface area contributed by atoms with Gasteiger partial charge >= 0.3 is 11.9 Å². The van der Waals surface area contributed by atoms with E-state index in [2.05, 4.69) is 4.98 Å². The number of hydrogen-bond donors (Lipinski definition) is 1. The second-order valence-electron chi connectivity index (χ2n) is 4.20. The van der Waals surface area contributed by atoms with Crippen LogP contribution in [0.1, 0.15) is 19.5 Å². The van der Waals surface area contributed by atoms with Gasteiger partial charge in [0, 0.05) is 32.2 Å². The van der Waals surface area contributed by atoms with Crippen LogP contribution < -0.4 is 0 Å². The van der Waals surface area contributed by atoms with Crippen LogP contribution in [0.4, 0.5) is 0 Å². The number of aromatic amines is 1. The number of ether oxygens (including phenoxy) is 2. The predicted molar refractivity (Wildman–Crippen MR) is 58.8 cm³/mol. The lowest BCUT2D eigenvalue weighted by atomic mass is 10.1. The molecule has 0 aromatic carbocycles. The standard InChI is InChI=1S/C12H13NO4/c1-12(2)16-10(14)9(11(15)17-12)6-5-8-4-3-7-13-8/h3-4,6-7,13H,5H2,1-2H3. The molecule has 17 heavy (non-hydrogen) atoms. The molecule has 1 aliphatic rings. The Morgan fingerprint density at radius 3 is 2.47 bits per heavy atom. The lowest BCUT2D eigenvalue weighted by molar-refractivity contribution is -0.222. The number of rotatable bonds is 2. The summed E-state index contributed by atoms with van der Waals surface area (Å²) in [5.74, 6) is -2.46. The number of allylic oxidation sites excluding steroid dienone is 1. The quantitative estimate of drug-likeness (QED) is 0.477. The first-order valence-corrected chi connectivity index (χ1v) is 5.27. The van der Waals surface area contributed by atoms with E-state index in [9.17, 15) is 9.59 Å². The topological polar surface area (TPSA) is 68.4 Å². The van der Waals surface area contributed by atoms with Crippen LogP contribution in [0.15, 0.2) is 30.0 Å². The van der Waals surface area contributed by atoms with E-state index in [0.29, 0.717) is 6.42 Å². The van der Waals surface area contributed by atoms with E-state index in [1.807, 2.05) is 12.1 Å². The molecule has 1 aliphatic heterocycles. The van der Waals surface area contributed by atoms with E-state index in [4.69, 9.17) is 9.47 Å². The molecule has 0 saturated carbocycles. The molecule has 0 radical (unpaired) electrons. The van der Waals surface area contributed by atoms with E-state index in [-0.39, 0.29) is 5.57 Å². The molecule has 1 N–H and O–H groups in total. The highest BCUT2D eigenvalue weighted by Gasteiger charge is 2.38. The second kappa shape index (κ2) is 4.08. The largest absolute Gasteiger partial charge is 0.419 e. The maximum Gasteiger partial charge on any atom is 0.348 e. The highest BCUT2D eigenvalue weighted by atomic mass is 16.7. The number of hydrogen-bond acceptors (Lipinski definition) is 4. The minimum absolute atomic E-state index is 0.0566. The van der Waals surface area contributed by atoms with E-state index < -0.39 is 17.7 Å². The van der Waals surface area contributed by atoms with Crippen LogP contribution in [0.2, 0.25) is 0 Å². The van der Waals surface area contributed by atoms with Gasteiger partial charge in [-0.1, -0.05) is 6.08 Å². The molecule has 2 heterocycles. The highest BCUT2D eigenvalue weighted by molar-refractivity contribution is 6.15. The summed E-state index contributed by atoms with van der Waals surface area (Å²) in [5, 5.41) is 0. The molecule has 1 aromatic heterocycles. The van der Waals surface area contributed by atoms with Crippen LogP contribution in [0, 0.1) is 0 Å². The SMILES string of the molecule is CC1(C)OC(=O)C(=CCc2ccc[nH]2)C(=O)O1. The Morgan fingerprint density at radius 2 is 1.94 bits per heavy atom. The van der Waals surface area contributed by atoms with Crippen molar-refractivity contribution in [3.05, 3.63) is 35.7 Å². The predicted octanol–water partition coefficient (Wildman–Crippen LogP) is 1.32. The van der Waals surface area contributed by atoms with Gasteiger partial charge in [-0.15, -0.1) is 0 Å². The summed E-state index contributed by atoms with van der Waals surface area (Å²) < 4.78 is 9.93. The van der Waals surface area contributed by atoms with Crippen molar-refractivity contribution in [2.24, 2.45) is 0 Å². The summed E-state index contributed by atoms with van der Waals surface area (Å²) in [6.07, 6.45) is 3.73. The summed E-state index contributed by atoms with van der Waals surface area (Å²) in [6, 6.07) is 3.70. The number of carbonyl (C=O) groups excluding carboxylic acids is 2. The number of aromatic nitrogens is 1. The minimum atomic E-state index is -1.18. The van der Waals surface area contributed by atoms with Crippen molar-refractivity contribution in [3.8, 4) is 0 Å². The average molecular weight is 235 g/mol. The van der Waals surface area contributed by atoms with Crippen LogP contribution >= 0.6 is 0 Å². The molecule has 90 valence electrons. The Labute approximate surface area is 98.4 Å². The summed E-state index contributed by atoms with van der Waals surface area (Å²) in [6.45, 7) is 3.04. The van der Waals surface area contributed by atoms with Gasteiger partial charge in [-0.05, 0) is 12.1 Å². The monoisotopic (exact) mass is 235 g/mol. The van der Waals surface area contributed by atoms with Crippen molar-refractivity contribution in [1.29, 1.82) is 0 Å². The smallest absolute Gasteiger partial charge is 0.348 e. The Balaban J connectivity index is 2.13. The molecule has 1 aromatic rings. The fourth-order valence-electron chi connectivity index (χ4n) is 1.53. The first-order chi connectivity index (χ1) is 7.98.